The molecule has 0 radical (unpaired) electrons. The van der Waals surface area contributed by atoms with Gasteiger partial charge in [0, 0.05) is 0 Å². The van der Waals surface area contributed by atoms with Crippen LogP contribution in [0, 0.1) is 0 Å². The van der Waals surface area contributed by atoms with Gasteiger partial charge in [-0.2, -0.15) is 19.6 Å². The van der Waals surface area contributed by atoms with Crippen LogP contribution >= 0.6 is 0 Å². The maximum atomic E-state index is 6.60. The van der Waals surface area contributed by atoms with Gasteiger partial charge in [0.05, 0.1) is 0 Å². The van der Waals surface area contributed by atoms with Gasteiger partial charge in [-0.05, 0) is 0 Å². The Kier molecular flexibility index (Phi) is 42.3. The van der Waals surface area contributed by atoms with Crippen molar-refractivity contribution in [3.8, 4) is 0 Å². The van der Waals surface area contributed by atoms with Gasteiger partial charge in [0.2, 0.25) is 0 Å². The second-order valence-corrected chi connectivity index (χ2v) is 11.9. The van der Waals surface area contributed by atoms with Crippen molar-refractivity contribution >= 4 is 18.7 Å². The first-order valence-corrected chi connectivity index (χ1v) is 15.3. The maximum absolute atomic E-state index is 6.60. The number of nitrogens with one attached hydrogen (secondary N) is 3. The van der Waals surface area contributed by atoms with E-state index in [0.717, 1.165) is 38.5 Å². The molecule has 0 spiro atoms. The van der Waals surface area contributed by atoms with E-state index in [2.05, 4.69) is 56.5 Å². The smallest absolute Gasteiger partial charge is 4.00 e. The summed E-state index contributed by atoms with van der Waals surface area (Å²) in [6.07, 6.45) is 6.64. The van der Waals surface area contributed by atoms with Crippen LogP contribution in [0.3, 0.4) is 0 Å². The monoisotopic (exact) mass is 475 g/mol. The Morgan fingerprint density at radius 2 is 1.00 bits per heavy atom. The third-order valence-electron chi connectivity index (χ3n) is 2.95. The Labute approximate surface area is 176 Å². The average molecular weight is 475 g/mol. The van der Waals surface area contributed by atoms with Crippen LogP contribution in [0.25, 0.3) is 17.2 Å². The molecule has 0 amide bonds. The van der Waals surface area contributed by atoms with Gasteiger partial charge >= 0.3 is 80.7 Å². The van der Waals surface area contributed by atoms with E-state index in [1.807, 2.05) is 0 Å². The third kappa shape index (κ3) is 34.1. The topological polar surface area (TPSA) is 71.4 Å². The molecule has 0 bridgehead atoms. The number of hydrogen-bond donors (Lipinski definition) is 0. The van der Waals surface area contributed by atoms with Crippen LogP contribution in [0.2, 0.25) is 11.5 Å². The minimum Gasteiger partial charge on any atom is 4.00 e. The standard InChI is InChI=1S/C7H11Ge.3C4H10N.Zr/c1-8(2)7-5-3-4-6-7;3*1-2-3-4-5;/h3-6,8H,1-2H3;3*5H,2-4H2,1H3;/q4*-1;+4. The number of hydrogen-bond acceptors (Lipinski definition) is 0. The fourth-order valence-electron chi connectivity index (χ4n) is 1.30. The summed E-state index contributed by atoms with van der Waals surface area (Å²) in [6.45, 7) is 8.06. The molecule has 3 N–H and O–H groups in total. The molecule has 0 aliphatic heterocycles. The maximum Gasteiger partial charge on any atom is 4.00 e. The predicted molar refractivity (Wildman–Crippen MR) is 113 cm³/mol. The summed E-state index contributed by atoms with van der Waals surface area (Å²) in [4.78, 5) is 0. The van der Waals surface area contributed by atoms with Crippen LogP contribution in [0.5, 0.6) is 0 Å². The molecular weight excluding hydrogens is 434 g/mol. The predicted octanol–water partition coefficient (Wildman–Crippen LogP) is 6.61. The van der Waals surface area contributed by atoms with Crippen molar-refractivity contribution in [1.29, 1.82) is 0 Å². The molecule has 0 saturated heterocycles. The van der Waals surface area contributed by atoms with Gasteiger partial charge in [-0.25, -0.2) is 0 Å². The largest absolute Gasteiger partial charge is 4.00 e. The van der Waals surface area contributed by atoms with Crippen molar-refractivity contribution in [1.82, 2.24) is 0 Å². The van der Waals surface area contributed by atoms with Crippen LogP contribution < -0.4 is 4.40 Å². The van der Waals surface area contributed by atoms with Crippen molar-refractivity contribution < 1.29 is 26.2 Å². The molecule has 0 heterocycles. The van der Waals surface area contributed by atoms with Gasteiger partial charge in [-0.3, -0.25) is 0 Å². The Hall–Kier alpha value is 0.656. The average Bonchev–Trinajstić information content (AvgIpc) is 3.06. The fourth-order valence-corrected chi connectivity index (χ4v) is 3.39. The van der Waals surface area contributed by atoms with Crippen molar-refractivity contribution in [2.75, 3.05) is 19.6 Å². The summed E-state index contributed by atoms with van der Waals surface area (Å²) in [5, 5.41) is 0. The molecule has 0 fully saturated rings. The summed E-state index contributed by atoms with van der Waals surface area (Å²) in [7, 11) is 0. The first kappa shape index (κ1) is 32.3. The molecular formula is C19H41GeN3Zr. The van der Waals surface area contributed by atoms with Crippen LogP contribution in [0.1, 0.15) is 59.3 Å². The van der Waals surface area contributed by atoms with Gasteiger partial charge in [-0.15, -0.1) is 0 Å². The minimum atomic E-state index is -0.888. The molecule has 0 aliphatic carbocycles. The SMILES string of the molecule is CCCC[NH-].CCCC[NH-].CCCC[NH-].[CH3][GeH]([CH3])[c-]1cccc1.[Zr+4]. The summed E-state index contributed by atoms with van der Waals surface area (Å²) >= 11 is -0.888. The first-order chi connectivity index (χ1) is 11.0. The third-order valence-corrected chi connectivity index (χ3v) is 6.55. The van der Waals surface area contributed by atoms with Crippen LogP contribution in [0.4, 0.5) is 0 Å². The summed E-state index contributed by atoms with van der Waals surface area (Å²) in [5.74, 6) is 4.78. The van der Waals surface area contributed by atoms with Gasteiger partial charge in [0.15, 0.2) is 0 Å². The van der Waals surface area contributed by atoms with E-state index in [4.69, 9.17) is 17.2 Å². The van der Waals surface area contributed by atoms with E-state index >= 15 is 0 Å². The molecule has 1 aromatic rings. The van der Waals surface area contributed by atoms with Crippen LogP contribution in [0.15, 0.2) is 24.3 Å². The van der Waals surface area contributed by atoms with E-state index in [-0.39, 0.29) is 26.2 Å². The Morgan fingerprint density at radius 1 is 0.708 bits per heavy atom. The molecule has 3 nitrogen and oxygen atoms in total. The molecule has 1 aromatic carbocycles. The van der Waals surface area contributed by atoms with Gasteiger partial charge in [0.1, 0.15) is 0 Å². The molecule has 0 saturated carbocycles. The zero-order chi connectivity index (χ0) is 18.3. The normalized spacial score (nSPS) is 8.71. The second-order valence-electron chi connectivity index (χ2n) is 5.68. The summed E-state index contributed by atoms with van der Waals surface area (Å²) < 4.78 is 1.62. The zero-order valence-electron chi connectivity index (χ0n) is 16.8. The van der Waals surface area contributed by atoms with Crippen molar-refractivity contribution in [3.63, 3.8) is 0 Å². The zero-order valence-corrected chi connectivity index (χ0v) is 21.6. The summed E-state index contributed by atoms with van der Waals surface area (Å²) in [6, 6.07) is 8.73. The van der Waals surface area contributed by atoms with Crippen LogP contribution in [-0.2, 0) is 26.2 Å². The first-order valence-electron chi connectivity index (χ1n) is 9.20. The van der Waals surface area contributed by atoms with E-state index in [1.54, 1.807) is 4.40 Å². The quantitative estimate of drug-likeness (QED) is 0.314. The fraction of sp³-hybridized carbons (Fsp3) is 0.737. The Bertz CT molecular complexity index is 247. The second kappa shape index (κ2) is 31.4. The van der Waals surface area contributed by atoms with Crippen molar-refractivity contribution in [3.05, 3.63) is 41.5 Å². The molecule has 24 heavy (non-hydrogen) atoms. The van der Waals surface area contributed by atoms with Gasteiger partial charge < -0.3 is 17.2 Å². The minimum absolute atomic E-state index is 0. The Morgan fingerprint density at radius 3 is 1.08 bits per heavy atom. The van der Waals surface area contributed by atoms with Crippen LogP contribution in [-0.4, -0.2) is 34.0 Å². The van der Waals surface area contributed by atoms with Crippen molar-refractivity contribution in [2.45, 2.75) is 70.8 Å². The molecule has 0 aromatic heterocycles. The van der Waals surface area contributed by atoms with E-state index in [1.165, 1.54) is 0 Å². The van der Waals surface area contributed by atoms with E-state index in [9.17, 15) is 0 Å². The number of rotatable bonds is 7. The Balaban J connectivity index is -0.000000113. The summed E-state index contributed by atoms with van der Waals surface area (Å²) in [5.41, 5.74) is 19.8. The molecule has 5 heteroatoms. The van der Waals surface area contributed by atoms with E-state index in [0.29, 0.717) is 19.6 Å². The molecule has 0 unspecified atom stereocenters. The molecule has 0 aliphatic rings. The molecule has 0 atom stereocenters. The molecule has 140 valence electrons. The number of unbranched alkanes of at least 4 members (excludes halogenated alkanes) is 3. The molecule has 1 rings (SSSR count). The van der Waals surface area contributed by atoms with E-state index < -0.39 is 14.3 Å². The van der Waals surface area contributed by atoms with Gasteiger partial charge in [-0.1, -0.05) is 59.3 Å². The van der Waals surface area contributed by atoms with Gasteiger partial charge in [0.25, 0.3) is 0 Å². The van der Waals surface area contributed by atoms with Crippen molar-refractivity contribution in [2.24, 2.45) is 0 Å².